The molecule has 4 nitrogen and oxygen atoms in total. The van der Waals surface area contributed by atoms with Crippen molar-refractivity contribution in [2.75, 3.05) is 31.1 Å². The van der Waals surface area contributed by atoms with Crippen LogP contribution in [0.5, 0.6) is 0 Å². The highest BCUT2D eigenvalue weighted by Gasteiger charge is 2.05. The quantitative estimate of drug-likeness (QED) is 0.564. The molecule has 4 N–H and O–H groups in total. The summed E-state index contributed by atoms with van der Waals surface area (Å²) in [7, 11) is 0. The van der Waals surface area contributed by atoms with Crippen LogP contribution in [0.2, 0.25) is 0 Å². The molecule has 0 heterocycles. The lowest BCUT2D eigenvalue weighted by Gasteiger charge is -2.17. The molecule has 0 fully saturated rings. The third kappa shape index (κ3) is 5.12. The van der Waals surface area contributed by atoms with E-state index in [1.165, 1.54) is 0 Å². The molecule has 0 spiro atoms. The summed E-state index contributed by atoms with van der Waals surface area (Å²) in [6.45, 7) is 7.62. The van der Waals surface area contributed by atoms with Gasteiger partial charge in [0.25, 0.3) is 0 Å². The number of nitrogen functional groups attached to an aromatic ring is 1. The Bertz CT molecular complexity index is 419. The minimum atomic E-state index is -0.438. The average molecular weight is 281 g/mol. The van der Waals surface area contributed by atoms with Crippen LogP contribution in [-0.2, 0) is 5.75 Å². The van der Waals surface area contributed by atoms with E-state index in [1.54, 1.807) is 12.1 Å². The van der Waals surface area contributed by atoms with Gasteiger partial charge in [-0.15, -0.1) is 0 Å². The van der Waals surface area contributed by atoms with Gasteiger partial charge in [-0.3, -0.25) is 4.79 Å². The first-order chi connectivity index (χ1) is 9.08. The molecule has 1 aromatic carbocycles. The summed E-state index contributed by atoms with van der Waals surface area (Å²) in [5, 5.41) is 0. The Kier molecular flexibility index (Phi) is 6.73. The molecule has 1 amide bonds. The molecule has 0 aliphatic rings. The van der Waals surface area contributed by atoms with Gasteiger partial charge in [0.1, 0.15) is 0 Å². The van der Waals surface area contributed by atoms with Crippen molar-refractivity contribution in [1.82, 2.24) is 4.90 Å². The normalized spacial score (nSPS) is 10.9. The number of carbonyl (C=O) groups excluding carboxylic acids is 1. The first-order valence-corrected chi connectivity index (χ1v) is 7.72. The Morgan fingerprint density at radius 3 is 2.53 bits per heavy atom. The van der Waals surface area contributed by atoms with E-state index in [1.807, 2.05) is 17.8 Å². The molecular formula is C14H23N3OS. The van der Waals surface area contributed by atoms with E-state index in [0.29, 0.717) is 11.3 Å². The lowest BCUT2D eigenvalue weighted by molar-refractivity contribution is 0.100. The molecule has 1 aromatic rings. The summed E-state index contributed by atoms with van der Waals surface area (Å²) >= 11 is 1.86. The van der Waals surface area contributed by atoms with Gasteiger partial charge < -0.3 is 16.4 Å². The third-order valence-electron chi connectivity index (χ3n) is 3.13. The minimum absolute atomic E-state index is 0.438. The van der Waals surface area contributed by atoms with Gasteiger partial charge in [-0.2, -0.15) is 11.8 Å². The number of amides is 1. The number of thioether (sulfide) groups is 1. The van der Waals surface area contributed by atoms with E-state index >= 15 is 0 Å². The van der Waals surface area contributed by atoms with Crippen molar-refractivity contribution >= 4 is 23.4 Å². The van der Waals surface area contributed by atoms with Crippen LogP contribution in [0.1, 0.15) is 29.8 Å². The molecule has 0 unspecified atom stereocenters. The number of carbonyl (C=O) groups is 1. The second-order valence-electron chi connectivity index (χ2n) is 4.36. The third-order valence-corrected chi connectivity index (χ3v) is 4.12. The molecule has 0 aliphatic carbocycles. The maximum Gasteiger partial charge on any atom is 0.248 e. The predicted octanol–water partition coefficient (Wildman–Crippen LogP) is 1.94. The highest BCUT2D eigenvalue weighted by molar-refractivity contribution is 7.98. The number of nitrogens with two attached hydrogens (primary N) is 2. The Morgan fingerprint density at radius 1 is 1.32 bits per heavy atom. The summed E-state index contributed by atoms with van der Waals surface area (Å²) in [4.78, 5) is 13.4. The summed E-state index contributed by atoms with van der Waals surface area (Å²) in [5.74, 6) is 1.51. The van der Waals surface area contributed by atoms with Crippen molar-refractivity contribution in [1.29, 1.82) is 0 Å². The summed E-state index contributed by atoms with van der Waals surface area (Å²) < 4.78 is 0. The molecule has 0 aromatic heterocycles. The Morgan fingerprint density at radius 2 is 2.00 bits per heavy atom. The smallest absolute Gasteiger partial charge is 0.248 e. The van der Waals surface area contributed by atoms with Crippen LogP contribution in [0.3, 0.4) is 0 Å². The maximum atomic E-state index is 11.0. The van der Waals surface area contributed by atoms with Crippen LogP contribution in [0, 0.1) is 0 Å². The Balaban J connectivity index is 2.43. The first kappa shape index (κ1) is 15.9. The molecule has 0 atom stereocenters. The topological polar surface area (TPSA) is 72.3 Å². The zero-order chi connectivity index (χ0) is 14.3. The number of hydrogen-bond acceptors (Lipinski definition) is 4. The van der Waals surface area contributed by atoms with Crippen LogP contribution in [0.25, 0.3) is 0 Å². The van der Waals surface area contributed by atoms with Gasteiger partial charge in [-0.1, -0.05) is 19.9 Å². The zero-order valence-electron chi connectivity index (χ0n) is 11.7. The molecule has 0 aliphatic heterocycles. The Hall–Kier alpha value is -1.20. The molecule has 1 rings (SSSR count). The van der Waals surface area contributed by atoms with Gasteiger partial charge in [0, 0.05) is 29.3 Å². The van der Waals surface area contributed by atoms with E-state index in [-0.39, 0.29) is 0 Å². The standard InChI is InChI=1S/C14H23N3OS/c1-3-17(4-2)7-8-19-10-12-6-5-11(14(16)18)9-13(12)15/h5-6,9H,3-4,7-8,10,15H2,1-2H3,(H2,16,18). The fourth-order valence-electron chi connectivity index (χ4n) is 1.80. The Labute approximate surface area is 119 Å². The molecule has 5 heteroatoms. The molecular weight excluding hydrogens is 258 g/mol. The van der Waals surface area contributed by atoms with Crippen molar-refractivity contribution in [2.45, 2.75) is 19.6 Å². The fraction of sp³-hybridized carbons (Fsp3) is 0.500. The second kappa shape index (κ2) is 8.07. The van der Waals surface area contributed by atoms with Crippen LogP contribution in [0.4, 0.5) is 5.69 Å². The van der Waals surface area contributed by atoms with E-state index in [4.69, 9.17) is 11.5 Å². The first-order valence-electron chi connectivity index (χ1n) is 6.56. The van der Waals surface area contributed by atoms with Crippen molar-refractivity contribution in [3.05, 3.63) is 29.3 Å². The largest absolute Gasteiger partial charge is 0.398 e. The van der Waals surface area contributed by atoms with E-state index in [2.05, 4.69) is 18.7 Å². The van der Waals surface area contributed by atoms with Crippen molar-refractivity contribution in [3.63, 3.8) is 0 Å². The molecule has 106 valence electrons. The highest BCUT2D eigenvalue weighted by atomic mass is 32.2. The molecule has 0 radical (unpaired) electrons. The predicted molar refractivity (Wildman–Crippen MR) is 83.3 cm³/mol. The van der Waals surface area contributed by atoms with Gasteiger partial charge in [-0.25, -0.2) is 0 Å². The number of benzene rings is 1. The van der Waals surface area contributed by atoms with Crippen molar-refractivity contribution in [3.8, 4) is 0 Å². The lowest BCUT2D eigenvalue weighted by Crippen LogP contribution is -2.25. The fourth-order valence-corrected chi connectivity index (χ4v) is 2.81. The molecule has 0 bridgehead atoms. The summed E-state index contributed by atoms with van der Waals surface area (Å²) in [6.07, 6.45) is 0. The van der Waals surface area contributed by atoms with Gasteiger partial charge in [0.2, 0.25) is 5.91 Å². The summed E-state index contributed by atoms with van der Waals surface area (Å²) in [6, 6.07) is 5.28. The van der Waals surface area contributed by atoms with Gasteiger partial charge in [0.15, 0.2) is 0 Å². The summed E-state index contributed by atoms with van der Waals surface area (Å²) in [5.41, 5.74) is 13.3. The van der Waals surface area contributed by atoms with Gasteiger partial charge in [0.05, 0.1) is 0 Å². The maximum absolute atomic E-state index is 11.0. The lowest BCUT2D eigenvalue weighted by atomic mass is 10.1. The van der Waals surface area contributed by atoms with Gasteiger partial charge >= 0.3 is 0 Å². The molecule has 19 heavy (non-hydrogen) atoms. The molecule has 0 saturated carbocycles. The average Bonchev–Trinajstić information content (AvgIpc) is 2.40. The van der Waals surface area contributed by atoms with E-state index < -0.39 is 5.91 Å². The minimum Gasteiger partial charge on any atom is -0.398 e. The van der Waals surface area contributed by atoms with Crippen LogP contribution in [0.15, 0.2) is 18.2 Å². The number of nitrogens with zero attached hydrogens (tertiary/aromatic N) is 1. The number of primary amides is 1. The monoisotopic (exact) mass is 281 g/mol. The second-order valence-corrected chi connectivity index (χ2v) is 5.46. The SMILES string of the molecule is CCN(CC)CCSCc1ccc(C(N)=O)cc1N. The number of rotatable bonds is 8. The van der Waals surface area contributed by atoms with Crippen LogP contribution in [-0.4, -0.2) is 36.2 Å². The van der Waals surface area contributed by atoms with Crippen molar-refractivity contribution < 1.29 is 4.79 Å². The van der Waals surface area contributed by atoms with Crippen LogP contribution >= 0.6 is 11.8 Å². The van der Waals surface area contributed by atoms with E-state index in [9.17, 15) is 4.79 Å². The van der Waals surface area contributed by atoms with Crippen LogP contribution < -0.4 is 11.5 Å². The highest BCUT2D eigenvalue weighted by Crippen LogP contribution is 2.20. The van der Waals surface area contributed by atoms with E-state index in [0.717, 1.165) is 36.7 Å². The number of anilines is 1. The molecule has 0 saturated heterocycles. The zero-order valence-corrected chi connectivity index (χ0v) is 12.5. The number of hydrogen-bond donors (Lipinski definition) is 2. The van der Waals surface area contributed by atoms with Gasteiger partial charge in [-0.05, 0) is 30.8 Å². The van der Waals surface area contributed by atoms with Crippen molar-refractivity contribution in [2.24, 2.45) is 5.73 Å².